The van der Waals surface area contributed by atoms with Crippen LogP contribution >= 0.6 is 0 Å². The molecular weight excluding hydrogens is 268 g/mol. The molecule has 2 rings (SSSR count). The Labute approximate surface area is 123 Å². The molecule has 0 atom stereocenters. The number of methoxy groups -OCH3 is 2. The average Bonchev–Trinajstić information content (AvgIpc) is 2.53. The minimum Gasteiger partial charge on any atom is -0.493 e. The van der Waals surface area contributed by atoms with E-state index in [1.807, 2.05) is 30.3 Å². The number of para-hydroxylation sites is 1. The number of nitrogen functional groups attached to an aromatic ring is 1. The van der Waals surface area contributed by atoms with Crippen LogP contribution in [-0.2, 0) is 0 Å². The lowest BCUT2D eigenvalue weighted by Crippen LogP contribution is -2.26. The first kappa shape index (κ1) is 14.7. The summed E-state index contributed by atoms with van der Waals surface area (Å²) in [5.74, 6) is 0.688. The number of anilines is 2. The van der Waals surface area contributed by atoms with Crippen molar-refractivity contribution in [2.75, 3.05) is 31.9 Å². The molecule has 5 nitrogen and oxygen atoms in total. The smallest absolute Gasteiger partial charge is 0.258 e. The van der Waals surface area contributed by atoms with Crippen molar-refractivity contribution in [3.05, 3.63) is 48.0 Å². The summed E-state index contributed by atoms with van der Waals surface area (Å²) in [4.78, 5) is 14.1. The van der Waals surface area contributed by atoms with Crippen LogP contribution in [0.25, 0.3) is 0 Å². The number of rotatable bonds is 4. The quantitative estimate of drug-likeness (QED) is 0.877. The largest absolute Gasteiger partial charge is 0.493 e. The molecular formula is C16H18N2O3. The molecule has 0 heterocycles. The summed E-state index contributed by atoms with van der Waals surface area (Å²) in [7, 11) is 4.73. The molecule has 110 valence electrons. The van der Waals surface area contributed by atoms with Gasteiger partial charge in [-0.3, -0.25) is 4.79 Å². The van der Waals surface area contributed by atoms with E-state index in [-0.39, 0.29) is 5.91 Å². The molecule has 2 aromatic rings. The van der Waals surface area contributed by atoms with E-state index in [9.17, 15) is 4.79 Å². The van der Waals surface area contributed by atoms with Gasteiger partial charge in [0.1, 0.15) is 0 Å². The predicted molar refractivity (Wildman–Crippen MR) is 83.1 cm³/mol. The van der Waals surface area contributed by atoms with Crippen molar-refractivity contribution in [3.63, 3.8) is 0 Å². The molecule has 2 aromatic carbocycles. The number of nitrogens with zero attached hydrogens (tertiary/aromatic N) is 1. The fraction of sp³-hybridized carbons (Fsp3) is 0.188. The Balaban J connectivity index is 2.38. The lowest BCUT2D eigenvalue weighted by Gasteiger charge is -2.19. The maximum absolute atomic E-state index is 12.5. The second kappa shape index (κ2) is 6.17. The first-order valence-electron chi connectivity index (χ1n) is 6.43. The van der Waals surface area contributed by atoms with Crippen LogP contribution in [0.5, 0.6) is 11.5 Å². The second-order valence-electron chi connectivity index (χ2n) is 4.50. The van der Waals surface area contributed by atoms with Crippen LogP contribution in [0.4, 0.5) is 11.4 Å². The van der Waals surface area contributed by atoms with Crippen molar-refractivity contribution in [3.8, 4) is 11.5 Å². The van der Waals surface area contributed by atoms with E-state index in [1.165, 1.54) is 14.2 Å². The lowest BCUT2D eigenvalue weighted by atomic mass is 10.1. The second-order valence-corrected chi connectivity index (χ2v) is 4.50. The number of hydrogen-bond donors (Lipinski definition) is 1. The number of carbonyl (C=O) groups is 1. The topological polar surface area (TPSA) is 64.8 Å². The van der Waals surface area contributed by atoms with Crippen molar-refractivity contribution < 1.29 is 14.3 Å². The number of ether oxygens (including phenoxy) is 2. The Morgan fingerprint density at radius 1 is 1.10 bits per heavy atom. The number of hydrogen-bond acceptors (Lipinski definition) is 4. The van der Waals surface area contributed by atoms with Gasteiger partial charge in [-0.05, 0) is 24.3 Å². The first-order chi connectivity index (χ1) is 10.1. The highest BCUT2D eigenvalue weighted by atomic mass is 16.5. The molecule has 0 unspecified atom stereocenters. The van der Waals surface area contributed by atoms with Crippen molar-refractivity contribution >= 4 is 17.3 Å². The molecule has 21 heavy (non-hydrogen) atoms. The van der Waals surface area contributed by atoms with Gasteiger partial charge in [-0.1, -0.05) is 18.2 Å². The van der Waals surface area contributed by atoms with Gasteiger partial charge in [0.15, 0.2) is 11.5 Å². The summed E-state index contributed by atoms with van der Waals surface area (Å²) in [6.45, 7) is 0. The molecule has 0 aliphatic carbocycles. The summed E-state index contributed by atoms with van der Waals surface area (Å²) >= 11 is 0. The molecule has 0 radical (unpaired) electrons. The van der Waals surface area contributed by atoms with E-state index in [0.717, 1.165) is 5.69 Å². The fourth-order valence-electron chi connectivity index (χ4n) is 2.08. The minimum absolute atomic E-state index is 0.172. The van der Waals surface area contributed by atoms with E-state index in [2.05, 4.69) is 0 Å². The number of amides is 1. The third-order valence-corrected chi connectivity index (χ3v) is 3.20. The molecule has 0 aliphatic heterocycles. The molecule has 0 aliphatic rings. The van der Waals surface area contributed by atoms with Crippen LogP contribution in [0.15, 0.2) is 42.5 Å². The predicted octanol–water partition coefficient (Wildman–Crippen LogP) is 2.56. The third kappa shape index (κ3) is 2.91. The minimum atomic E-state index is -0.172. The van der Waals surface area contributed by atoms with Gasteiger partial charge in [0.25, 0.3) is 5.91 Å². The normalized spacial score (nSPS) is 10.0. The zero-order valence-electron chi connectivity index (χ0n) is 12.3. The molecule has 5 heteroatoms. The maximum Gasteiger partial charge on any atom is 0.258 e. The zero-order chi connectivity index (χ0) is 15.4. The average molecular weight is 286 g/mol. The molecule has 0 aromatic heterocycles. The molecule has 1 amide bonds. The van der Waals surface area contributed by atoms with Crippen LogP contribution < -0.4 is 20.1 Å². The molecule has 0 spiro atoms. The SMILES string of the molecule is COc1cc(C(=O)N(C)c2ccccc2)cc(N)c1OC. The van der Waals surface area contributed by atoms with Crippen LogP contribution in [0, 0.1) is 0 Å². The highest BCUT2D eigenvalue weighted by Crippen LogP contribution is 2.35. The number of benzene rings is 2. The van der Waals surface area contributed by atoms with Crippen molar-refractivity contribution in [1.82, 2.24) is 0 Å². The van der Waals surface area contributed by atoms with Gasteiger partial charge in [0.05, 0.1) is 19.9 Å². The van der Waals surface area contributed by atoms with E-state index >= 15 is 0 Å². The first-order valence-corrected chi connectivity index (χ1v) is 6.43. The summed E-state index contributed by atoms with van der Waals surface area (Å²) in [5, 5.41) is 0. The Morgan fingerprint density at radius 2 is 1.76 bits per heavy atom. The third-order valence-electron chi connectivity index (χ3n) is 3.20. The standard InChI is InChI=1S/C16H18N2O3/c1-18(12-7-5-4-6-8-12)16(19)11-9-13(17)15(21-3)14(10-11)20-2/h4-10H,17H2,1-3H3. The molecule has 0 bridgehead atoms. The van der Waals surface area contributed by atoms with E-state index in [0.29, 0.717) is 22.7 Å². The Morgan fingerprint density at radius 3 is 2.33 bits per heavy atom. The zero-order valence-corrected chi connectivity index (χ0v) is 12.3. The van der Waals surface area contributed by atoms with Crippen molar-refractivity contribution in [1.29, 1.82) is 0 Å². The van der Waals surface area contributed by atoms with Gasteiger partial charge in [-0.25, -0.2) is 0 Å². The van der Waals surface area contributed by atoms with Crippen LogP contribution in [0.2, 0.25) is 0 Å². The van der Waals surface area contributed by atoms with Gasteiger partial charge in [-0.15, -0.1) is 0 Å². The molecule has 0 fully saturated rings. The van der Waals surface area contributed by atoms with Gasteiger partial charge in [0.2, 0.25) is 0 Å². The molecule has 2 N–H and O–H groups in total. The van der Waals surface area contributed by atoms with Crippen LogP contribution in [0.1, 0.15) is 10.4 Å². The Bertz CT molecular complexity index is 641. The van der Waals surface area contributed by atoms with Gasteiger partial charge in [0, 0.05) is 18.3 Å². The van der Waals surface area contributed by atoms with Crippen molar-refractivity contribution in [2.24, 2.45) is 0 Å². The van der Waals surface area contributed by atoms with Gasteiger partial charge < -0.3 is 20.1 Å². The number of carbonyl (C=O) groups excluding carboxylic acids is 1. The lowest BCUT2D eigenvalue weighted by molar-refractivity contribution is 0.0992. The van der Waals surface area contributed by atoms with E-state index in [4.69, 9.17) is 15.2 Å². The molecule has 0 saturated carbocycles. The highest BCUT2D eigenvalue weighted by Gasteiger charge is 2.18. The fourth-order valence-corrected chi connectivity index (χ4v) is 2.08. The highest BCUT2D eigenvalue weighted by molar-refractivity contribution is 6.06. The number of nitrogens with two attached hydrogens (primary N) is 1. The van der Waals surface area contributed by atoms with E-state index in [1.54, 1.807) is 24.1 Å². The van der Waals surface area contributed by atoms with Gasteiger partial charge >= 0.3 is 0 Å². The Kier molecular flexibility index (Phi) is 4.33. The van der Waals surface area contributed by atoms with E-state index < -0.39 is 0 Å². The summed E-state index contributed by atoms with van der Waals surface area (Å²) in [6, 6.07) is 12.6. The Hall–Kier alpha value is -2.69. The van der Waals surface area contributed by atoms with Crippen LogP contribution in [-0.4, -0.2) is 27.2 Å². The summed E-state index contributed by atoms with van der Waals surface area (Å²) in [6.07, 6.45) is 0. The van der Waals surface area contributed by atoms with Crippen molar-refractivity contribution in [2.45, 2.75) is 0 Å². The van der Waals surface area contributed by atoms with Crippen LogP contribution in [0.3, 0.4) is 0 Å². The summed E-state index contributed by atoms with van der Waals surface area (Å²) < 4.78 is 10.4. The molecule has 0 saturated heterocycles. The van der Waals surface area contributed by atoms with Gasteiger partial charge in [-0.2, -0.15) is 0 Å². The maximum atomic E-state index is 12.5. The summed E-state index contributed by atoms with van der Waals surface area (Å²) in [5.41, 5.74) is 7.51. The monoisotopic (exact) mass is 286 g/mol.